The average Bonchev–Trinajstić information content (AvgIpc) is 3.46. The summed E-state index contributed by atoms with van der Waals surface area (Å²) in [5, 5.41) is 18.4. The Morgan fingerprint density at radius 1 is 0.974 bits per heavy atom. The lowest BCUT2D eigenvalue weighted by molar-refractivity contribution is -0.143. The van der Waals surface area contributed by atoms with Crippen molar-refractivity contribution in [3.8, 4) is 0 Å². The quantitative estimate of drug-likeness (QED) is 0.538. The van der Waals surface area contributed by atoms with Crippen LogP contribution in [0.5, 0.6) is 0 Å². The number of aliphatic carboxylic acids is 1. The highest BCUT2D eigenvalue weighted by Crippen LogP contribution is 2.38. The van der Waals surface area contributed by atoms with E-state index < -0.39 is 5.97 Å². The van der Waals surface area contributed by atoms with Crippen molar-refractivity contribution in [1.82, 2.24) is 10.3 Å². The summed E-state index contributed by atoms with van der Waals surface area (Å²) in [5.74, 6) is -0.686. The first-order valence-electron chi connectivity index (χ1n) is 13.7. The van der Waals surface area contributed by atoms with Gasteiger partial charge in [0.15, 0.2) is 6.61 Å². The van der Waals surface area contributed by atoms with Crippen LogP contribution in [-0.2, 0) is 25.7 Å². The van der Waals surface area contributed by atoms with E-state index in [-0.39, 0.29) is 36.3 Å². The van der Waals surface area contributed by atoms with Gasteiger partial charge in [-0.05, 0) is 67.7 Å². The summed E-state index contributed by atoms with van der Waals surface area (Å²) in [6.07, 6.45) is 6.97. The second-order valence-corrected chi connectivity index (χ2v) is 10.7. The molecule has 1 unspecified atom stereocenters. The molecule has 0 bridgehead atoms. The number of amides is 2. The molecule has 3 aliphatic rings. The highest BCUT2D eigenvalue weighted by atomic mass is 16.5. The van der Waals surface area contributed by atoms with Gasteiger partial charge in [0.1, 0.15) is 0 Å². The number of rotatable bonds is 8. The Labute approximate surface area is 223 Å². The Morgan fingerprint density at radius 3 is 2.32 bits per heavy atom. The summed E-state index contributed by atoms with van der Waals surface area (Å²) in [4.78, 5) is 37.3. The summed E-state index contributed by atoms with van der Waals surface area (Å²) >= 11 is 0. The number of hydrogen-bond acceptors (Lipinski definition) is 5. The molecule has 5 rings (SSSR count). The van der Waals surface area contributed by atoms with Crippen molar-refractivity contribution in [2.75, 3.05) is 6.61 Å². The van der Waals surface area contributed by atoms with Crippen LogP contribution in [0.25, 0.3) is 0 Å². The predicted octanol–water partition coefficient (Wildman–Crippen LogP) is 4.44. The van der Waals surface area contributed by atoms with E-state index in [2.05, 4.69) is 10.4 Å². The summed E-state index contributed by atoms with van der Waals surface area (Å²) in [5.41, 5.74) is 2.74. The van der Waals surface area contributed by atoms with Gasteiger partial charge in [-0.3, -0.25) is 14.4 Å². The van der Waals surface area contributed by atoms with Crippen molar-refractivity contribution in [3.63, 3.8) is 0 Å². The molecule has 2 aliphatic carbocycles. The Kier molecular flexibility index (Phi) is 8.05. The van der Waals surface area contributed by atoms with Crippen LogP contribution in [0.2, 0.25) is 0 Å². The van der Waals surface area contributed by atoms with Gasteiger partial charge in [0.2, 0.25) is 11.8 Å². The Balaban J connectivity index is 1.27. The molecule has 2 aromatic carbocycles. The summed E-state index contributed by atoms with van der Waals surface area (Å²) in [6, 6.07) is 17.5. The van der Waals surface area contributed by atoms with Gasteiger partial charge in [-0.15, -0.1) is 5.10 Å². The SMILES string of the molecule is O=C(N[C@H]1CC[C@@H](C(=O)O)CC1)C(c1ccc(CN2N=C(c3ccccc3)OCC2=O)cc1)C1CCCC1. The third-order valence-electron chi connectivity index (χ3n) is 8.10. The standard InChI is InChI=1S/C30H35N3O5/c34-26-19-38-29(23-8-2-1-3-9-23)32-33(26)18-20-10-12-22(13-11-20)27(21-6-4-5-7-21)28(35)31-25-16-14-24(15-17-25)30(36)37/h1-3,8-13,21,24-25,27H,4-7,14-19H2,(H,31,35)(H,36,37)/t24-,25+,27?. The van der Waals surface area contributed by atoms with Crippen LogP contribution in [0.3, 0.4) is 0 Å². The van der Waals surface area contributed by atoms with E-state index in [1.54, 1.807) is 0 Å². The third kappa shape index (κ3) is 6.06. The molecule has 2 fully saturated rings. The molecule has 0 spiro atoms. The van der Waals surface area contributed by atoms with Gasteiger partial charge < -0.3 is 15.2 Å². The van der Waals surface area contributed by atoms with Gasteiger partial charge in [0.05, 0.1) is 18.4 Å². The zero-order valence-corrected chi connectivity index (χ0v) is 21.6. The minimum absolute atomic E-state index is 0.0327. The Morgan fingerprint density at radius 2 is 1.66 bits per heavy atom. The third-order valence-corrected chi connectivity index (χ3v) is 8.10. The maximum Gasteiger partial charge on any atom is 0.306 e. The molecule has 8 nitrogen and oxygen atoms in total. The molecule has 1 heterocycles. The molecule has 0 saturated heterocycles. The lowest BCUT2D eigenvalue weighted by Crippen LogP contribution is -2.42. The van der Waals surface area contributed by atoms with Crippen LogP contribution in [0.15, 0.2) is 59.7 Å². The van der Waals surface area contributed by atoms with Gasteiger partial charge in [0, 0.05) is 11.6 Å². The summed E-state index contributed by atoms with van der Waals surface area (Å²) in [6.45, 7) is 0.274. The van der Waals surface area contributed by atoms with Crippen molar-refractivity contribution in [2.45, 2.75) is 69.9 Å². The van der Waals surface area contributed by atoms with E-state index in [1.165, 1.54) is 5.01 Å². The molecule has 38 heavy (non-hydrogen) atoms. The van der Waals surface area contributed by atoms with Crippen molar-refractivity contribution < 1.29 is 24.2 Å². The molecule has 2 N–H and O–H groups in total. The first-order valence-corrected chi connectivity index (χ1v) is 13.7. The summed E-state index contributed by atoms with van der Waals surface area (Å²) in [7, 11) is 0. The van der Waals surface area contributed by atoms with Crippen LogP contribution in [0, 0.1) is 11.8 Å². The topological polar surface area (TPSA) is 108 Å². The fourth-order valence-corrected chi connectivity index (χ4v) is 5.95. The van der Waals surface area contributed by atoms with Crippen LogP contribution in [0.1, 0.15) is 74.0 Å². The minimum Gasteiger partial charge on any atom is -0.481 e. The molecule has 2 amide bonds. The molecule has 1 atom stereocenters. The maximum absolute atomic E-state index is 13.5. The average molecular weight is 518 g/mol. The molecule has 0 radical (unpaired) electrons. The first-order chi connectivity index (χ1) is 18.5. The number of nitrogens with zero attached hydrogens (tertiary/aromatic N) is 2. The Hall–Kier alpha value is -3.68. The largest absolute Gasteiger partial charge is 0.481 e. The number of nitrogens with one attached hydrogen (secondary N) is 1. The fraction of sp³-hybridized carbons (Fsp3) is 0.467. The van der Waals surface area contributed by atoms with Crippen molar-refractivity contribution >= 4 is 23.7 Å². The molecule has 200 valence electrons. The van der Waals surface area contributed by atoms with Gasteiger partial charge in [-0.1, -0.05) is 55.3 Å². The number of carbonyl (C=O) groups is 3. The lowest BCUT2D eigenvalue weighted by Gasteiger charge is -2.30. The molecular weight excluding hydrogens is 482 g/mol. The van der Waals surface area contributed by atoms with Crippen LogP contribution in [0.4, 0.5) is 0 Å². The van der Waals surface area contributed by atoms with Crippen LogP contribution >= 0.6 is 0 Å². The van der Waals surface area contributed by atoms with E-state index in [1.807, 2.05) is 54.6 Å². The predicted molar refractivity (Wildman–Crippen MR) is 142 cm³/mol. The fourth-order valence-electron chi connectivity index (χ4n) is 5.95. The normalized spacial score (nSPS) is 22.9. The smallest absolute Gasteiger partial charge is 0.306 e. The van der Waals surface area contributed by atoms with Gasteiger partial charge in [-0.2, -0.15) is 0 Å². The molecular formula is C30H35N3O5. The van der Waals surface area contributed by atoms with Gasteiger partial charge >= 0.3 is 5.97 Å². The highest BCUT2D eigenvalue weighted by molar-refractivity contribution is 5.97. The van der Waals surface area contributed by atoms with E-state index in [9.17, 15) is 19.5 Å². The van der Waals surface area contributed by atoms with E-state index in [0.717, 1.165) is 42.4 Å². The lowest BCUT2D eigenvalue weighted by atomic mass is 9.82. The van der Waals surface area contributed by atoms with Gasteiger partial charge in [0.25, 0.3) is 5.91 Å². The number of carboxylic acids is 1. The Bertz CT molecular complexity index is 1170. The van der Waals surface area contributed by atoms with Gasteiger partial charge in [-0.25, -0.2) is 5.01 Å². The van der Waals surface area contributed by atoms with E-state index in [0.29, 0.717) is 44.0 Å². The molecule has 2 saturated carbocycles. The molecule has 8 heteroatoms. The number of hydrogen-bond donors (Lipinski definition) is 2. The van der Waals surface area contributed by atoms with Crippen LogP contribution in [-0.4, -0.2) is 46.4 Å². The second-order valence-electron chi connectivity index (χ2n) is 10.7. The minimum atomic E-state index is -0.737. The number of hydrazone groups is 1. The number of carboxylic acid groups (broad SMARTS) is 1. The molecule has 1 aliphatic heterocycles. The first kappa shape index (κ1) is 25.9. The number of carbonyl (C=O) groups excluding carboxylic acids is 2. The number of ether oxygens (including phenoxy) is 1. The van der Waals surface area contributed by atoms with E-state index >= 15 is 0 Å². The molecule has 0 aromatic heterocycles. The van der Waals surface area contributed by atoms with Crippen molar-refractivity contribution in [2.24, 2.45) is 16.9 Å². The van der Waals surface area contributed by atoms with Crippen molar-refractivity contribution in [3.05, 3.63) is 71.3 Å². The second kappa shape index (κ2) is 11.8. The molecule has 2 aromatic rings. The van der Waals surface area contributed by atoms with Crippen molar-refractivity contribution in [1.29, 1.82) is 0 Å². The summed E-state index contributed by atoms with van der Waals surface area (Å²) < 4.78 is 5.54. The zero-order chi connectivity index (χ0) is 26.5. The van der Waals surface area contributed by atoms with Crippen LogP contribution < -0.4 is 5.32 Å². The maximum atomic E-state index is 13.5. The monoisotopic (exact) mass is 517 g/mol. The van der Waals surface area contributed by atoms with E-state index in [4.69, 9.17) is 4.74 Å². The highest BCUT2D eigenvalue weighted by Gasteiger charge is 2.34. The number of benzene rings is 2. The zero-order valence-electron chi connectivity index (χ0n) is 21.6.